The predicted molar refractivity (Wildman–Crippen MR) is 117 cm³/mol. The van der Waals surface area contributed by atoms with E-state index in [1.54, 1.807) is 0 Å². The standard InChI is InChI=1S/C23H33N5O2/c1-16(2)21-26-22(30-27-21)18-7-9-19(10-8-18)24-23(29)25-20-11-13-28(14-12-20)15-17-5-3-4-6-17/h7-10,16-17,20H,3-6,11-15H2,1-2H3,(H2,24,25,29). The fourth-order valence-electron chi connectivity index (χ4n) is 4.45. The van der Waals surface area contributed by atoms with Crippen LogP contribution in [-0.2, 0) is 0 Å². The third-order valence-corrected chi connectivity index (χ3v) is 6.26. The van der Waals surface area contributed by atoms with Crippen LogP contribution in [0.5, 0.6) is 0 Å². The van der Waals surface area contributed by atoms with Crippen molar-refractivity contribution < 1.29 is 9.32 Å². The van der Waals surface area contributed by atoms with Crippen molar-refractivity contribution in [1.29, 1.82) is 0 Å². The topological polar surface area (TPSA) is 83.3 Å². The Bertz CT molecular complexity index is 818. The van der Waals surface area contributed by atoms with Crippen LogP contribution in [0.4, 0.5) is 10.5 Å². The Hall–Kier alpha value is -2.41. The molecule has 0 radical (unpaired) electrons. The lowest BCUT2D eigenvalue weighted by atomic mass is 10.0. The van der Waals surface area contributed by atoms with Gasteiger partial charge in [0.15, 0.2) is 5.82 Å². The SMILES string of the molecule is CC(C)c1noc(-c2ccc(NC(=O)NC3CCN(CC4CCCC4)CC3)cc2)n1. The zero-order valence-electron chi connectivity index (χ0n) is 18.1. The molecule has 7 heteroatoms. The minimum absolute atomic E-state index is 0.142. The highest BCUT2D eigenvalue weighted by atomic mass is 16.5. The molecule has 2 fully saturated rings. The molecule has 1 aromatic heterocycles. The van der Waals surface area contributed by atoms with E-state index in [9.17, 15) is 4.79 Å². The summed E-state index contributed by atoms with van der Waals surface area (Å²) < 4.78 is 5.32. The number of rotatable bonds is 6. The molecule has 162 valence electrons. The molecular weight excluding hydrogens is 378 g/mol. The van der Waals surface area contributed by atoms with Gasteiger partial charge in [-0.3, -0.25) is 0 Å². The highest BCUT2D eigenvalue weighted by Gasteiger charge is 2.24. The number of hydrogen-bond donors (Lipinski definition) is 2. The second-order valence-electron chi connectivity index (χ2n) is 9.01. The van der Waals surface area contributed by atoms with E-state index in [0.717, 1.165) is 43.1 Å². The Morgan fingerprint density at radius 1 is 1.13 bits per heavy atom. The second-order valence-corrected chi connectivity index (χ2v) is 9.01. The van der Waals surface area contributed by atoms with E-state index in [2.05, 4.69) is 25.7 Å². The summed E-state index contributed by atoms with van der Waals surface area (Å²) in [6.45, 7) is 7.46. The monoisotopic (exact) mass is 411 g/mol. The van der Waals surface area contributed by atoms with Gasteiger partial charge < -0.3 is 20.1 Å². The lowest BCUT2D eigenvalue weighted by Gasteiger charge is -2.33. The number of aromatic nitrogens is 2. The van der Waals surface area contributed by atoms with Crippen LogP contribution in [0.2, 0.25) is 0 Å². The van der Waals surface area contributed by atoms with E-state index in [-0.39, 0.29) is 18.0 Å². The van der Waals surface area contributed by atoms with E-state index < -0.39 is 0 Å². The van der Waals surface area contributed by atoms with E-state index in [4.69, 9.17) is 4.52 Å². The molecule has 1 saturated heterocycles. The molecule has 2 amide bonds. The van der Waals surface area contributed by atoms with Gasteiger partial charge in [0.25, 0.3) is 5.89 Å². The van der Waals surface area contributed by atoms with Gasteiger partial charge in [0.1, 0.15) is 0 Å². The molecular formula is C23H33N5O2. The molecule has 1 aliphatic heterocycles. The molecule has 1 saturated carbocycles. The first kappa shape index (κ1) is 20.8. The Balaban J connectivity index is 1.22. The molecule has 2 aliphatic rings. The number of hydrogen-bond acceptors (Lipinski definition) is 5. The molecule has 0 spiro atoms. The number of nitrogens with zero attached hydrogens (tertiary/aromatic N) is 3. The summed E-state index contributed by atoms with van der Waals surface area (Å²) in [7, 11) is 0. The smallest absolute Gasteiger partial charge is 0.319 e. The van der Waals surface area contributed by atoms with Crippen molar-refractivity contribution in [2.75, 3.05) is 25.0 Å². The summed E-state index contributed by atoms with van der Waals surface area (Å²) in [5, 5.41) is 10.0. The van der Waals surface area contributed by atoms with Gasteiger partial charge >= 0.3 is 6.03 Å². The van der Waals surface area contributed by atoms with Gasteiger partial charge in [-0.25, -0.2) is 4.79 Å². The van der Waals surface area contributed by atoms with Gasteiger partial charge in [-0.2, -0.15) is 4.98 Å². The van der Waals surface area contributed by atoms with Gasteiger partial charge in [-0.05, 0) is 55.9 Å². The van der Waals surface area contributed by atoms with E-state index in [1.165, 1.54) is 32.2 Å². The van der Waals surface area contributed by atoms with Gasteiger partial charge in [0.05, 0.1) is 0 Å². The van der Waals surface area contributed by atoms with Gasteiger partial charge in [-0.15, -0.1) is 0 Å². The van der Waals surface area contributed by atoms with E-state index in [0.29, 0.717) is 11.7 Å². The minimum atomic E-state index is -0.142. The first-order chi connectivity index (χ1) is 14.6. The number of amides is 2. The van der Waals surface area contributed by atoms with Gasteiger partial charge in [0, 0.05) is 42.8 Å². The number of nitrogens with one attached hydrogen (secondary N) is 2. The van der Waals surface area contributed by atoms with Crippen molar-refractivity contribution in [2.24, 2.45) is 5.92 Å². The fraction of sp³-hybridized carbons (Fsp3) is 0.609. The fourth-order valence-corrected chi connectivity index (χ4v) is 4.45. The predicted octanol–water partition coefficient (Wildman–Crippen LogP) is 4.64. The quantitative estimate of drug-likeness (QED) is 0.724. The van der Waals surface area contributed by atoms with Crippen molar-refractivity contribution in [3.05, 3.63) is 30.1 Å². The van der Waals surface area contributed by atoms with Gasteiger partial charge in [0.2, 0.25) is 0 Å². The van der Waals surface area contributed by atoms with Crippen LogP contribution in [0, 0.1) is 5.92 Å². The number of carbonyl (C=O) groups excluding carboxylic acids is 1. The number of likely N-dealkylation sites (tertiary alicyclic amines) is 1. The molecule has 0 atom stereocenters. The third kappa shape index (κ3) is 5.39. The minimum Gasteiger partial charge on any atom is -0.335 e. The molecule has 7 nitrogen and oxygen atoms in total. The van der Waals surface area contributed by atoms with Crippen molar-refractivity contribution in [3.8, 4) is 11.5 Å². The molecule has 4 rings (SSSR count). The van der Waals surface area contributed by atoms with Crippen molar-refractivity contribution in [2.45, 2.75) is 64.3 Å². The molecule has 2 N–H and O–H groups in total. The molecule has 2 aromatic rings. The molecule has 0 unspecified atom stereocenters. The highest BCUT2D eigenvalue weighted by molar-refractivity contribution is 5.89. The zero-order valence-corrected chi connectivity index (χ0v) is 18.1. The van der Waals surface area contributed by atoms with Crippen molar-refractivity contribution >= 4 is 11.7 Å². The Morgan fingerprint density at radius 2 is 1.83 bits per heavy atom. The summed E-state index contributed by atoms with van der Waals surface area (Å²) in [5.41, 5.74) is 1.59. The molecule has 30 heavy (non-hydrogen) atoms. The summed E-state index contributed by atoms with van der Waals surface area (Å²) in [5.74, 6) is 2.31. The molecule has 1 aromatic carbocycles. The normalized spacial score (nSPS) is 18.8. The number of benzene rings is 1. The second kappa shape index (κ2) is 9.60. The van der Waals surface area contributed by atoms with Crippen LogP contribution in [0.1, 0.15) is 64.1 Å². The lowest BCUT2D eigenvalue weighted by Crippen LogP contribution is -2.46. The largest absolute Gasteiger partial charge is 0.335 e. The van der Waals surface area contributed by atoms with Crippen LogP contribution in [0.15, 0.2) is 28.8 Å². The summed E-state index contributed by atoms with van der Waals surface area (Å²) in [6, 6.07) is 7.59. The van der Waals surface area contributed by atoms with Crippen LogP contribution in [0.3, 0.4) is 0 Å². The Morgan fingerprint density at radius 3 is 2.47 bits per heavy atom. The maximum Gasteiger partial charge on any atom is 0.319 e. The number of anilines is 1. The number of carbonyl (C=O) groups is 1. The average Bonchev–Trinajstić information content (AvgIpc) is 3.42. The summed E-state index contributed by atoms with van der Waals surface area (Å²) >= 11 is 0. The van der Waals surface area contributed by atoms with Crippen LogP contribution < -0.4 is 10.6 Å². The Kier molecular flexibility index (Phi) is 6.67. The maximum absolute atomic E-state index is 12.4. The first-order valence-corrected chi connectivity index (χ1v) is 11.3. The van der Waals surface area contributed by atoms with Gasteiger partial charge in [-0.1, -0.05) is 31.8 Å². The summed E-state index contributed by atoms with van der Waals surface area (Å²) in [6.07, 6.45) is 7.63. The van der Waals surface area contributed by atoms with Crippen LogP contribution >= 0.6 is 0 Å². The van der Waals surface area contributed by atoms with Crippen LogP contribution in [0.25, 0.3) is 11.5 Å². The van der Waals surface area contributed by atoms with Crippen molar-refractivity contribution in [3.63, 3.8) is 0 Å². The Labute approximate surface area is 178 Å². The highest BCUT2D eigenvalue weighted by Crippen LogP contribution is 2.26. The zero-order chi connectivity index (χ0) is 20.9. The summed E-state index contributed by atoms with van der Waals surface area (Å²) in [4.78, 5) is 19.4. The van der Waals surface area contributed by atoms with E-state index in [1.807, 2.05) is 38.1 Å². The molecule has 2 heterocycles. The maximum atomic E-state index is 12.4. The third-order valence-electron chi connectivity index (χ3n) is 6.26. The number of urea groups is 1. The number of piperidine rings is 1. The average molecular weight is 412 g/mol. The first-order valence-electron chi connectivity index (χ1n) is 11.3. The lowest BCUT2D eigenvalue weighted by molar-refractivity contribution is 0.173. The molecule has 0 bridgehead atoms. The van der Waals surface area contributed by atoms with Crippen molar-refractivity contribution in [1.82, 2.24) is 20.4 Å². The van der Waals surface area contributed by atoms with Crippen LogP contribution in [-0.4, -0.2) is 46.7 Å². The van der Waals surface area contributed by atoms with E-state index >= 15 is 0 Å². The molecule has 1 aliphatic carbocycles.